The zero-order chi connectivity index (χ0) is 22.8. The first-order valence-electron chi connectivity index (χ1n) is 10.6. The number of oxazole rings is 1. The molecule has 1 aromatic heterocycles. The average molecular weight is 440 g/mol. The van der Waals surface area contributed by atoms with Crippen LogP contribution in [0.2, 0.25) is 0 Å². The summed E-state index contributed by atoms with van der Waals surface area (Å²) in [5.74, 6) is -0.142. The van der Waals surface area contributed by atoms with Gasteiger partial charge in [-0.1, -0.05) is 30.3 Å². The fourth-order valence-electron chi connectivity index (χ4n) is 3.32. The maximum absolute atomic E-state index is 13.3. The van der Waals surface area contributed by atoms with Gasteiger partial charge in [-0.05, 0) is 35.7 Å². The second-order valence-corrected chi connectivity index (χ2v) is 7.36. The number of ether oxygens (including phenoxy) is 2. The van der Waals surface area contributed by atoms with E-state index >= 15 is 0 Å². The van der Waals surface area contributed by atoms with Gasteiger partial charge in [0, 0.05) is 46.1 Å². The van der Waals surface area contributed by atoms with E-state index < -0.39 is 0 Å². The zero-order valence-electron chi connectivity index (χ0n) is 18.5. The third kappa shape index (κ3) is 6.38. The van der Waals surface area contributed by atoms with E-state index in [0.29, 0.717) is 50.6 Å². The molecule has 0 aliphatic heterocycles. The molecule has 0 fully saturated rings. The average Bonchev–Trinajstić information content (AvgIpc) is 3.29. The highest BCUT2D eigenvalue weighted by Gasteiger charge is 2.20. The summed E-state index contributed by atoms with van der Waals surface area (Å²) in [5.41, 5.74) is 0.774. The molecule has 0 aliphatic rings. The Morgan fingerprint density at radius 3 is 2.56 bits per heavy atom. The largest absolute Gasteiger partial charge is 0.446 e. The first-order valence-corrected chi connectivity index (χ1v) is 10.6. The SMILES string of the molecule is COCCCNC(=O)c1coc(CN(CCCOC)C(=O)c2ccc3ccccc3c2)n1. The van der Waals surface area contributed by atoms with Gasteiger partial charge in [0.1, 0.15) is 6.26 Å². The fraction of sp³-hybridized carbons (Fsp3) is 0.375. The van der Waals surface area contributed by atoms with Crippen LogP contribution >= 0.6 is 0 Å². The minimum Gasteiger partial charge on any atom is -0.446 e. The van der Waals surface area contributed by atoms with Crippen molar-refractivity contribution in [3.05, 3.63) is 65.9 Å². The summed E-state index contributed by atoms with van der Waals surface area (Å²) in [7, 11) is 3.24. The highest BCUT2D eigenvalue weighted by molar-refractivity contribution is 5.98. The quantitative estimate of drug-likeness (QED) is 0.435. The van der Waals surface area contributed by atoms with E-state index in [1.54, 1.807) is 19.1 Å². The molecule has 3 rings (SSSR count). The van der Waals surface area contributed by atoms with E-state index in [1.807, 2.05) is 42.5 Å². The molecule has 1 heterocycles. The minimum absolute atomic E-state index is 0.129. The maximum Gasteiger partial charge on any atom is 0.273 e. The van der Waals surface area contributed by atoms with Gasteiger partial charge in [-0.25, -0.2) is 4.98 Å². The van der Waals surface area contributed by atoms with Crippen LogP contribution in [0.25, 0.3) is 10.8 Å². The Balaban J connectivity index is 1.70. The number of amides is 2. The number of methoxy groups -OCH3 is 2. The smallest absolute Gasteiger partial charge is 0.273 e. The summed E-state index contributed by atoms with van der Waals surface area (Å²) < 4.78 is 15.6. The molecule has 0 saturated carbocycles. The molecule has 3 aromatic rings. The van der Waals surface area contributed by atoms with E-state index in [2.05, 4.69) is 10.3 Å². The number of aromatic nitrogens is 1. The Bertz CT molecular complexity index is 1030. The lowest BCUT2D eigenvalue weighted by atomic mass is 10.1. The molecule has 2 aromatic carbocycles. The Morgan fingerprint density at radius 2 is 1.78 bits per heavy atom. The van der Waals surface area contributed by atoms with Crippen molar-refractivity contribution >= 4 is 22.6 Å². The summed E-state index contributed by atoms with van der Waals surface area (Å²) in [6.45, 7) is 2.21. The predicted molar refractivity (Wildman–Crippen MR) is 121 cm³/mol. The van der Waals surface area contributed by atoms with Crippen molar-refractivity contribution in [1.82, 2.24) is 15.2 Å². The monoisotopic (exact) mass is 439 g/mol. The van der Waals surface area contributed by atoms with Crippen molar-refractivity contribution in [3.8, 4) is 0 Å². The number of carbonyl (C=O) groups excluding carboxylic acids is 2. The second-order valence-electron chi connectivity index (χ2n) is 7.36. The number of benzene rings is 2. The normalized spacial score (nSPS) is 10.9. The van der Waals surface area contributed by atoms with Gasteiger partial charge in [-0.15, -0.1) is 0 Å². The van der Waals surface area contributed by atoms with Crippen LogP contribution in [0.5, 0.6) is 0 Å². The molecular formula is C24H29N3O5. The van der Waals surface area contributed by atoms with E-state index in [0.717, 1.165) is 10.8 Å². The zero-order valence-corrected chi connectivity index (χ0v) is 18.5. The maximum atomic E-state index is 13.3. The molecule has 8 heteroatoms. The van der Waals surface area contributed by atoms with E-state index in [4.69, 9.17) is 13.9 Å². The highest BCUT2D eigenvalue weighted by Crippen LogP contribution is 2.18. The Hall–Kier alpha value is -3.23. The number of nitrogens with one attached hydrogen (secondary N) is 1. The first-order chi connectivity index (χ1) is 15.6. The number of hydrogen-bond acceptors (Lipinski definition) is 6. The van der Waals surface area contributed by atoms with Crippen LogP contribution < -0.4 is 5.32 Å². The van der Waals surface area contributed by atoms with Crippen LogP contribution in [-0.4, -0.2) is 62.2 Å². The van der Waals surface area contributed by atoms with Crippen molar-refractivity contribution in [2.24, 2.45) is 0 Å². The standard InChI is InChI=1S/C24H29N3O5/c1-30-13-5-11-25-23(28)21-17-32-22(26-21)16-27(12-6-14-31-2)24(29)20-10-9-18-7-3-4-8-19(18)15-20/h3-4,7-10,15,17H,5-6,11-14,16H2,1-2H3,(H,25,28). The van der Waals surface area contributed by atoms with Crippen LogP contribution in [0.1, 0.15) is 39.6 Å². The lowest BCUT2D eigenvalue weighted by molar-refractivity contribution is 0.0708. The predicted octanol–water partition coefficient (Wildman–Crippen LogP) is 3.27. The summed E-state index contributed by atoms with van der Waals surface area (Å²) >= 11 is 0. The van der Waals surface area contributed by atoms with Gasteiger partial charge in [-0.3, -0.25) is 9.59 Å². The van der Waals surface area contributed by atoms with Crippen LogP contribution in [0, 0.1) is 0 Å². The topological polar surface area (TPSA) is 93.9 Å². The van der Waals surface area contributed by atoms with Gasteiger partial charge >= 0.3 is 0 Å². The van der Waals surface area contributed by atoms with Crippen molar-refractivity contribution < 1.29 is 23.5 Å². The van der Waals surface area contributed by atoms with Gasteiger partial charge in [0.05, 0.1) is 6.54 Å². The molecule has 1 N–H and O–H groups in total. The molecule has 2 amide bonds. The molecule has 0 bridgehead atoms. The van der Waals surface area contributed by atoms with E-state index in [-0.39, 0.29) is 24.1 Å². The molecule has 170 valence electrons. The molecule has 0 saturated heterocycles. The van der Waals surface area contributed by atoms with Gasteiger partial charge in [0.2, 0.25) is 5.89 Å². The van der Waals surface area contributed by atoms with Crippen molar-refractivity contribution in [2.75, 3.05) is 40.5 Å². The number of carbonyl (C=O) groups is 2. The van der Waals surface area contributed by atoms with Gasteiger partial charge in [0.25, 0.3) is 11.8 Å². The van der Waals surface area contributed by atoms with E-state index in [1.165, 1.54) is 6.26 Å². The lowest BCUT2D eigenvalue weighted by Gasteiger charge is -2.21. The fourth-order valence-corrected chi connectivity index (χ4v) is 3.32. The summed E-state index contributed by atoms with van der Waals surface area (Å²) in [5, 5.41) is 4.84. The van der Waals surface area contributed by atoms with Crippen LogP contribution in [0.15, 0.2) is 53.1 Å². The number of nitrogens with zero attached hydrogens (tertiary/aromatic N) is 2. The summed E-state index contributed by atoms with van der Waals surface area (Å²) in [4.78, 5) is 31.4. The summed E-state index contributed by atoms with van der Waals surface area (Å²) in [6, 6.07) is 13.5. The van der Waals surface area contributed by atoms with Crippen LogP contribution in [-0.2, 0) is 16.0 Å². The van der Waals surface area contributed by atoms with Crippen molar-refractivity contribution in [2.45, 2.75) is 19.4 Å². The number of fused-ring (bicyclic) bond motifs is 1. The van der Waals surface area contributed by atoms with Crippen LogP contribution in [0.4, 0.5) is 0 Å². The molecule has 0 aliphatic carbocycles. The number of rotatable bonds is 12. The van der Waals surface area contributed by atoms with Crippen molar-refractivity contribution in [3.63, 3.8) is 0 Å². The van der Waals surface area contributed by atoms with Gasteiger partial charge in [-0.2, -0.15) is 0 Å². The van der Waals surface area contributed by atoms with E-state index in [9.17, 15) is 9.59 Å². The third-order valence-electron chi connectivity index (χ3n) is 4.98. The minimum atomic E-state index is -0.317. The number of hydrogen-bond donors (Lipinski definition) is 1. The lowest BCUT2D eigenvalue weighted by Crippen LogP contribution is -2.32. The Morgan fingerprint density at radius 1 is 1.03 bits per heavy atom. The Labute approximate surface area is 187 Å². The molecule has 0 atom stereocenters. The first kappa shape index (κ1) is 23.4. The van der Waals surface area contributed by atoms with Gasteiger partial charge in [0.15, 0.2) is 5.69 Å². The molecule has 32 heavy (non-hydrogen) atoms. The highest BCUT2D eigenvalue weighted by atomic mass is 16.5. The second kappa shape index (κ2) is 12.0. The molecular weight excluding hydrogens is 410 g/mol. The summed E-state index contributed by atoms with van der Waals surface area (Å²) in [6.07, 6.45) is 2.69. The molecule has 0 spiro atoms. The molecule has 0 unspecified atom stereocenters. The third-order valence-corrected chi connectivity index (χ3v) is 4.98. The van der Waals surface area contributed by atoms with Gasteiger partial charge < -0.3 is 24.1 Å². The Kier molecular flexibility index (Phi) is 8.77. The van der Waals surface area contributed by atoms with Crippen LogP contribution in [0.3, 0.4) is 0 Å². The molecule has 8 nitrogen and oxygen atoms in total. The molecule has 0 radical (unpaired) electrons. The van der Waals surface area contributed by atoms with Crippen molar-refractivity contribution in [1.29, 1.82) is 0 Å².